The molecule has 8 aromatic rings. The number of halogens is 1. The number of rotatable bonds is 29. The minimum atomic E-state index is -0.527. The van der Waals surface area contributed by atoms with Crippen LogP contribution in [0.5, 0.6) is 0 Å². The Hall–Kier alpha value is -10.4. The summed E-state index contributed by atoms with van der Waals surface area (Å²) in [6.07, 6.45) is 13.1. The van der Waals surface area contributed by atoms with E-state index in [1.165, 1.54) is 72.1 Å². The quantitative estimate of drug-likeness (QED) is 0.0265. The van der Waals surface area contributed by atoms with Gasteiger partial charge in [0, 0.05) is 125 Å². The SMILES string of the molecule is CN(CCCN)CCCNC(=O)CCNC(=O)c1cc(NC(=O)c2cc(NC(=O)c3cc(NC(=O)c4cc(NC(=O)CCCNC(=O)c5cc(NC(=O)c6cc(NC(=O)c7cc(NC(=O)c8sccc8Cl)cn7C)cn6C)cn5C)cn4C)cn3C)cn2C)cn1C. The molecule has 0 aliphatic heterocycles. The summed E-state index contributed by atoms with van der Waals surface area (Å²) >= 11 is 7.29. The van der Waals surface area contributed by atoms with Crippen LogP contribution in [0.1, 0.15) is 115 Å². The van der Waals surface area contributed by atoms with Crippen molar-refractivity contribution in [2.24, 2.45) is 55.1 Å². The number of aryl methyl sites for hydroxylation is 7. The van der Waals surface area contributed by atoms with Gasteiger partial charge < -0.3 is 95.8 Å². The third-order valence-electron chi connectivity index (χ3n) is 14.6. The van der Waals surface area contributed by atoms with Crippen molar-refractivity contribution in [2.45, 2.75) is 32.1 Å². The lowest BCUT2D eigenvalue weighted by atomic mass is 10.2. The normalized spacial score (nSPS) is 11.1. The Morgan fingerprint density at radius 1 is 0.402 bits per heavy atom. The van der Waals surface area contributed by atoms with Crippen molar-refractivity contribution in [3.05, 3.63) is 147 Å². The largest absolute Gasteiger partial charge is 0.356 e. The minimum absolute atomic E-state index is 0.0319. The number of thiophene rings is 1. The van der Waals surface area contributed by atoms with Crippen LogP contribution in [0.15, 0.2) is 97.3 Å². The number of amides is 10. The molecule has 0 atom stereocenters. The lowest BCUT2D eigenvalue weighted by molar-refractivity contribution is -0.121. The Morgan fingerprint density at radius 2 is 0.717 bits per heavy atom. The summed E-state index contributed by atoms with van der Waals surface area (Å²) in [5.41, 5.74) is 9.51. The third kappa shape index (κ3) is 17.5. The third-order valence-corrected chi connectivity index (χ3v) is 15.9. The minimum Gasteiger partial charge on any atom is -0.356 e. The van der Waals surface area contributed by atoms with Crippen LogP contribution in [0.4, 0.5) is 39.8 Å². The average Bonchev–Trinajstić information content (AvgIpc) is 1.90. The van der Waals surface area contributed by atoms with Crippen molar-refractivity contribution >= 4 is 122 Å². The standard InChI is InChI=1S/C61H74ClN19O10S/c1-74(19-10-15-63)20-11-17-64-51(82)13-18-66-55(85)45-24-38(31-76(45)3)69-58(88)48-26-40(33-78(48)5)71-59(89)49-25-39(32-80(49)7)70-56(86)46-22-36(29-77(46)4)67-52(83)12-9-16-65-54(84)44-23-37(30-75(44)2)68-57(87)47-27-41(34-79(47)6)72-60(90)50-28-42(35-81(50)8)73-61(91)53-43(62)14-21-92-53/h14,21-35H,9-13,15-20,63H2,1-8H3,(H,64,82)(H,65,84)(H,66,85)(H,67,83)(H,68,87)(H,69,88)(H,70,86)(H,71,89)(H,72,90)(H,73,91). The predicted molar refractivity (Wildman–Crippen MR) is 351 cm³/mol. The van der Waals surface area contributed by atoms with Crippen molar-refractivity contribution in [1.29, 1.82) is 0 Å². The van der Waals surface area contributed by atoms with Gasteiger partial charge in [-0.25, -0.2) is 0 Å². The van der Waals surface area contributed by atoms with Gasteiger partial charge in [-0.1, -0.05) is 11.6 Å². The number of aromatic nitrogens is 7. The van der Waals surface area contributed by atoms with E-state index in [2.05, 4.69) is 58.1 Å². The molecule has 0 saturated heterocycles. The van der Waals surface area contributed by atoms with Crippen molar-refractivity contribution in [3.8, 4) is 0 Å². The Morgan fingerprint density at radius 3 is 1.07 bits per heavy atom. The lowest BCUT2D eigenvalue weighted by Gasteiger charge is -2.15. The molecular formula is C61H74ClN19O10S. The van der Waals surface area contributed by atoms with Crippen LogP contribution in [0.3, 0.4) is 0 Å². The highest BCUT2D eigenvalue weighted by molar-refractivity contribution is 7.12. The first-order valence-corrected chi connectivity index (χ1v) is 30.4. The molecule has 0 aliphatic rings. The van der Waals surface area contributed by atoms with Crippen molar-refractivity contribution in [1.82, 2.24) is 52.8 Å². The molecule has 29 nitrogen and oxygen atoms in total. The number of nitrogens with zero attached hydrogens (tertiary/aromatic N) is 8. The summed E-state index contributed by atoms with van der Waals surface area (Å²) in [7, 11) is 13.5. The van der Waals surface area contributed by atoms with Crippen molar-refractivity contribution < 1.29 is 47.9 Å². The van der Waals surface area contributed by atoms with E-state index in [9.17, 15) is 47.9 Å². The van der Waals surface area contributed by atoms with E-state index in [4.69, 9.17) is 17.3 Å². The van der Waals surface area contributed by atoms with E-state index in [1.54, 1.807) is 118 Å². The maximum Gasteiger partial charge on any atom is 0.272 e. The summed E-state index contributed by atoms with van der Waals surface area (Å²) in [5.74, 6) is -4.36. The topological polar surface area (TPSA) is 355 Å². The second kappa shape index (κ2) is 30.4. The number of carbonyl (C=O) groups excluding carboxylic acids is 10. The fourth-order valence-electron chi connectivity index (χ4n) is 9.91. The molecule has 8 heterocycles. The lowest BCUT2D eigenvalue weighted by Crippen LogP contribution is -2.33. The molecule has 0 bridgehead atoms. The Bertz CT molecular complexity index is 4090. The van der Waals surface area contributed by atoms with Gasteiger partial charge in [0.1, 0.15) is 44.7 Å². The molecular weight excluding hydrogens is 1230 g/mol. The molecule has 12 N–H and O–H groups in total. The number of hydrogen-bond acceptors (Lipinski definition) is 13. The summed E-state index contributed by atoms with van der Waals surface area (Å²) in [4.78, 5) is 134. The molecule has 92 heavy (non-hydrogen) atoms. The molecule has 0 spiro atoms. The van der Waals surface area contributed by atoms with E-state index in [1.807, 2.05) is 7.05 Å². The molecule has 0 radical (unpaired) electrons. The summed E-state index contributed by atoms with van der Waals surface area (Å²) in [6.45, 7) is 3.15. The molecule has 8 rings (SSSR count). The molecule has 10 amide bonds. The van der Waals surface area contributed by atoms with E-state index >= 15 is 0 Å². The number of anilines is 7. The average molecular weight is 1300 g/mol. The highest BCUT2D eigenvalue weighted by Gasteiger charge is 2.24. The first-order valence-electron chi connectivity index (χ1n) is 29.1. The van der Waals surface area contributed by atoms with Crippen LogP contribution < -0.4 is 58.9 Å². The van der Waals surface area contributed by atoms with Gasteiger partial charge in [0.05, 0.1) is 44.8 Å². The zero-order chi connectivity index (χ0) is 66.5. The molecule has 0 aliphatic carbocycles. The number of carbonyl (C=O) groups is 10. The Balaban J connectivity index is 0.739. The van der Waals surface area contributed by atoms with Crippen LogP contribution >= 0.6 is 22.9 Å². The molecule has 0 aromatic carbocycles. The number of nitrogens with one attached hydrogen (secondary N) is 10. The molecule has 0 unspecified atom stereocenters. The van der Waals surface area contributed by atoms with Crippen LogP contribution in [0.2, 0.25) is 5.02 Å². The van der Waals surface area contributed by atoms with Crippen LogP contribution in [-0.4, -0.2) is 142 Å². The maximum absolute atomic E-state index is 13.5. The zero-order valence-electron chi connectivity index (χ0n) is 52.0. The van der Waals surface area contributed by atoms with Crippen LogP contribution in [0, 0.1) is 0 Å². The highest BCUT2D eigenvalue weighted by Crippen LogP contribution is 2.26. The number of nitrogens with two attached hydrogens (primary N) is 1. The van der Waals surface area contributed by atoms with Gasteiger partial charge in [0.25, 0.3) is 47.3 Å². The predicted octanol–water partition coefficient (Wildman–Crippen LogP) is 5.34. The van der Waals surface area contributed by atoms with Crippen molar-refractivity contribution in [2.75, 3.05) is 83.5 Å². The monoisotopic (exact) mass is 1300 g/mol. The van der Waals surface area contributed by atoms with Crippen LogP contribution in [0.25, 0.3) is 0 Å². The van der Waals surface area contributed by atoms with Crippen molar-refractivity contribution in [3.63, 3.8) is 0 Å². The van der Waals surface area contributed by atoms with E-state index in [0.717, 1.165) is 25.9 Å². The summed E-state index contributed by atoms with van der Waals surface area (Å²) in [6, 6.07) is 12.1. The van der Waals surface area contributed by atoms with Gasteiger partial charge in [0.2, 0.25) is 11.8 Å². The van der Waals surface area contributed by atoms with Gasteiger partial charge in [-0.3, -0.25) is 47.9 Å². The molecule has 31 heteroatoms. The first-order chi connectivity index (χ1) is 43.8. The molecule has 8 aromatic heterocycles. The number of hydrogen-bond donors (Lipinski definition) is 11. The summed E-state index contributed by atoms with van der Waals surface area (Å²) < 4.78 is 10.8. The Labute approximate surface area is 538 Å². The van der Waals surface area contributed by atoms with E-state index in [-0.39, 0.29) is 84.0 Å². The second-order valence-corrected chi connectivity index (χ2v) is 23.3. The molecule has 0 fully saturated rings. The van der Waals surface area contributed by atoms with Gasteiger partial charge in [-0.05, 0) is 99.9 Å². The van der Waals surface area contributed by atoms with Gasteiger partial charge in [-0.15, -0.1) is 11.3 Å². The highest BCUT2D eigenvalue weighted by atomic mass is 35.5. The molecule has 486 valence electrons. The van der Waals surface area contributed by atoms with E-state index in [0.29, 0.717) is 62.8 Å². The van der Waals surface area contributed by atoms with Gasteiger partial charge in [0.15, 0.2) is 0 Å². The first kappa shape index (κ1) is 67.5. The van der Waals surface area contributed by atoms with E-state index < -0.39 is 47.3 Å². The fraction of sp³-hybridized carbons (Fsp3) is 0.311. The zero-order valence-corrected chi connectivity index (χ0v) is 53.6. The van der Waals surface area contributed by atoms with Crippen LogP contribution in [-0.2, 0) is 58.9 Å². The van der Waals surface area contributed by atoms with Gasteiger partial charge in [-0.2, -0.15) is 0 Å². The smallest absolute Gasteiger partial charge is 0.272 e. The maximum atomic E-state index is 13.5. The second-order valence-electron chi connectivity index (χ2n) is 22.0. The fourth-order valence-corrected chi connectivity index (χ4v) is 10.9. The molecule has 0 saturated carbocycles. The summed E-state index contributed by atoms with van der Waals surface area (Å²) in [5, 5.41) is 29.9. The Kier molecular flexibility index (Phi) is 22.3. The van der Waals surface area contributed by atoms with Gasteiger partial charge >= 0.3 is 0 Å².